The van der Waals surface area contributed by atoms with Gasteiger partial charge in [-0.15, -0.1) is 0 Å². The average Bonchev–Trinajstić information content (AvgIpc) is 2.76. The number of ketones is 1. The van der Waals surface area contributed by atoms with Gasteiger partial charge in [0.2, 0.25) is 0 Å². The van der Waals surface area contributed by atoms with Crippen LogP contribution in [0.4, 0.5) is 0 Å². The molecule has 2 N–H and O–H groups in total. The Morgan fingerprint density at radius 2 is 2.00 bits per heavy atom. The molecule has 0 saturated carbocycles. The summed E-state index contributed by atoms with van der Waals surface area (Å²) in [6, 6.07) is 4.14. The molecule has 0 radical (unpaired) electrons. The summed E-state index contributed by atoms with van der Waals surface area (Å²) in [7, 11) is 0. The van der Waals surface area contributed by atoms with Crippen molar-refractivity contribution >= 4 is 16.7 Å². The zero-order valence-corrected chi connectivity index (χ0v) is 10.6. The minimum absolute atomic E-state index is 0.145. The number of fused-ring (bicyclic) bond motifs is 1. The number of aryl methyl sites for hydroxylation is 2. The maximum Gasteiger partial charge on any atom is 0.178 e. The first-order valence-corrected chi connectivity index (χ1v) is 5.96. The second-order valence-electron chi connectivity index (χ2n) is 4.36. The fourth-order valence-corrected chi connectivity index (χ4v) is 2.11. The number of aromatic amines is 1. The summed E-state index contributed by atoms with van der Waals surface area (Å²) in [5.41, 5.74) is 4.19. The third kappa shape index (κ3) is 2.11. The fraction of sp³-hybridized carbons (Fsp3) is 0.357. The number of carbonyl (C=O) groups excluding carboxylic acids is 1. The highest BCUT2D eigenvalue weighted by Gasteiger charge is 2.14. The van der Waals surface area contributed by atoms with Crippen molar-refractivity contribution in [3.8, 4) is 0 Å². The third-order valence-corrected chi connectivity index (χ3v) is 3.09. The largest absolute Gasteiger partial charge is 0.360 e. The smallest absolute Gasteiger partial charge is 0.178 e. The molecule has 0 aliphatic rings. The van der Waals surface area contributed by atoms with Gasteiger partial charge in [-0.3, -0.25) is 4.79 Å². The van der Waals surface area contributed by atoms with Crippen molar-refractivity contribution in [1.82, 2.24) is 10.3 Å². The van der Waals surface area contributed by atoms with Crippen LogP contribution in [0.25, 0.3) is 10.9 Å². The molecule has 0 atom stereocenters. The third-order valence-electron chi connectivity index (χ3n) is 3.09. The lowest BCUT2D eigenvalue weighted by Gasteiger charge is -2.04. The lowest BCUT2D eigenvalue weighted by atomic mass is 10.0. The minimum Gasteiger partial charge on any atom is -0.360 e. The van der Waals surface area contributed by atoms with Crippen LogP contribution in [0.2, 0.25) is 0 Å². The molecule has 0 bridgehead atoms. The molecule has 1 heterocycles. The lowest BCUT2D eigenvalue weighted by Crippen LogP contribution is -2.22. The number of likely N-dealkylation sites (N-methyl/N-ethyl adjacent to an activating group) is 1. The zero-order valence-electron chi connectivity index (χ0n) is 10.6. The van der Waals surface area contributed by atoms with Gasteiger partial charge in [0, 0.05) is 22.7 Å². The summed E-state index contributed by atoms with van der Waals surface area (Å²) in [5, 5.41) is 4.13. The van der Waals surface area contributed by atoms with E-state index >= 15 is 0 Å². The first kappa shape index (κ1) is 11.9. The Bertz CT molecular complexity index is 555. The van der Waals surface area contributed by atoms with E-state index in [0.29, 0.717) is 6.54 Å². The second-order valence-corrected chi connectivity index (χ2v) is 4.36. The van der Waals surface area contributed by atoms with E-state index in [1.807, 2.05) is 20.0 Å². The van der Waals surface area contributed by atoms with Crippen LogP contribution in [0.15, 0.2) is 18.3 Å². The van der Waals surface area contributed by atoms with Gasteiger partial charge in [-0.05, 0) is 31.5 Å². The number of hydrogen-bond donors (Lipinski definition) is 2. The van der Waals surface area contributed by atoms with Gasteiger partial charge in [0.1, 0.15) is 0 Å². The van der Waals surface area contributed by atoms with Gasteiger partial charge in [0.25, 0.3) is 0 Å². The molecule has 0 aliphatic heterocycles. The van der Waals surface area contributed by atoms with E-state index in [4.69, 9.17) is 0 Å². The minimum atomic E-state index is 0.145. The van der Waals surface area contributed by atoms with E-state index in [1.165, 1.54) is 5.56 Å². The van der Waals surface area contributed by atoms with Crippen LogP contribution in [-0.2, 0) is 0 Å². The summed E-state index contributed by atoms with van der Waals surface area (Å²) in [6.07, 6.45) is 1.82. The molecule has 90 valence electrons. The normalized spacial score (nSPS) is 11.0. The summed E-state index contributed by atoms with van der Waals surface area (Å²) >= 11 is 0. The van der Waals surface area contributed by atoms with Crippen LogP contribution in [0.5, 0.6) is 0 Å². The zero-order chi connectivity index (χ0) is 12.4. The number of hydrogen-bond acceptors (Lipinski definition) is 2. The molecule has 17 heavy (non-hydrogen) atoms. The van der Waals surface area contributed by atoms with Gasteiger partial charge in [-0.1, -0.05) is 19.1 Å². The highest BCUT2D eigenvalue weighted by atomic mass is 16.1. The Balaban J connectivity index is 2.49. The molecular formula is C14H18N2O. The Kier molecular flexibility index (Phi) is 3.29. The molecule has 2 rings (SSSR count). The average molecular weight is 230 g/mol. The van der Waals surface area contributed by atoms with Crippen LogP contribution < -0.4 is 5.32 Å². The molecule has 3 nitrogen and oxygen atoms in total. The van der Waals surface area contributed by atoms with Crippen molar-refractivity contribution in [1.29, 1.82) is 0 Å². The number of rotatable bonds is 4. The SMILES string of the molecule is CCNCC(=O)c1c[nH]c2c(C)ccc(C)c12. The Morgan fingerprint density at radius 1 is 1.29 bits per heavy atom. The van der Waals surface area contributed by atoms with E-state index in [9.17, 15) is 4.79 Å². The number of nitrogens with one attached hydrogen (secondary N) is 2. The molecule has 0 saturated heterocycles. The molecular weight excluding hydrogens is 212 g/mol. The molecule has 0 spiro atoms. The maximum atomic E-state index is 12.1. The van der Waals surface area contributed by atoms with E-state index in [2.05, 4.69) is 29.4 Å². The molecule has 3 heteroatoms. The van der Waals surface area contributed by atoms with Gasteiger partial charge in [-0.25, -0.2) is 0 Å². The quantitative estimate of drug-likeness (QED) is 0.793. The van der Waals surface area contributed by atoms with Crippen molar-refractivity contribution in [2.24, 2.45) is 0 Å². The number of aromatic nitrogens is 1. The number of carbonyl (C=O) groups is 1. The predicted molar refractivity (Wildman–Crippen MR) is 70.6 cm³/mol. The van der Waals surface area contributed by atoms with E-state index in [-0.39, 0.29) is 5.78 Å². The van der Waals surface area contributed by atoms with Crippen LogP contribution >= 0.6 is 0 Å². The molecule has 0 fully saturated rings. The van der Waals surface area contributed by atoms with Gasteiger partial charge < -0.3 is 10.3 Å². The second kappa shape index (κ2) is 4.72. The molecule has 0 aliphatic carbocycles. The van der Waals surface area contributed by atoms with E-state index < -0.39 is 0 Å². The first-order chi connectivity index (χ1) is 8.15. The molecule has 0 unspecified atom stereocenters. The van der Waals surface area contributed by atoms with Crippen LogP contribution in [0.3, 0.4) is 0 Å². The standard InChI is InChI=1S/C14H18N2O/c1-4-15-8-12(17)11-7-16-14-10(3)6-5-9(2)13(11)14/h5-7,15-16H,4,8H2,1-3H3. The summed E-state index contributed by atoms with van der Waals surface area (Å²) < 4.78 is 0. The van der Waals surface area contributed by atoms with Crippen LogP contribution in [0, 0.1) is 13.8 Å². The van der Waals surface area contributed by atoms with Crippen LogP contribution in [-0.4, -0.2) is 23.9 Å². The van der Waals surface area contributed by atoms with Gasteiger partial charge in [0.05, 0.1) is 6.54 Å². The first-order valence-electron chi connectivity index (χ1n) is 5.96. The molecule has 0 amide bonds. The van der Waals surface area contributed by atoms with Gasteiger partial charge >= 0.3 is 0 Å². The Morgan fingerprint density at radius 3 is 2.71 bits per heavy atom. The van der Waals surface area contributed by atoms with E-state index in [1.54, 1.807) is 0 Å². The molecule has 1 aromatic heterocycles. The van der Waals surface area contributed by atoms with Crippen molar-refractivity contribution in [3.05, 3.63) is 35.0 Å². The van der Waals surface area contributed by atoms with Crippen molar-refractivity contribution in [2.75, 3.05) is 13.1 Å². The Labute approximate surface area is 101 Å². The summed E-state index contributed by atoms with van der Waals surface area (Å²) in [5.74, 6) is 0.145. The Hall–Kier alpha value is -1.61. The van der Waals surface area contributed by atoms with Crippen molar-refractivity contribution in [2.45, 2.75) is 20.8 Å². The van der Waals surface area contributed by atoms with Crippen molar-refractivity contribution < 1.29 is 4.79 Å². The number of H-pyrrole nitrogens is 1. The summed E-state index contributed by atoms with van der Waals surface area (Å²) in [4.78, 5) is 15.3. The van der Waals surface area contributed by atoms with Crippen LogP contribution in [0.1, 0.15) is 28.4 Å². The lowest BCUT2D eigenvalue weighted by molar-refractivity contribution is 0.0993. The maximum absolute atomic E-state index is 12.1. The monoisotopic (exact) mass is 230 g/mol. The topological polar surface area (TPSA) is 44.9 Å². The van der Waals surface area contributed by atoms with E-state index in [0.717, 1.165) is 28.6 Å². The molecule has 1 aromatic carbocycles. The number of benzene rings is 1. The summed E-state index contributed by atoms with van der Waals surface area (Å²) in [6.45, 7) is 7.30. The van der Waals surface area contributed by atoms with Crippen molar-refractivity contribution in [3.63, 3.8) is 0 Å². The highest BCUT2D eigenvalue weighted by molar-refractivity contribution is 6.10. The molecule has 2 aromatic rings. The fourth-order valence-electron chi connectivity index (χ4n) is 2.11. The van der Waals surface area contributed by atoms with Gasteiger partial charge in [-0.2, -0.15) is 0 Å². The number of Topliss-reactive ketones (excluding diaryl/α,β-unsaturated/α-hetero) is 1. The van der Waals surface area contributed by atoms with Gasteiger partial charge in [0.15, 0.2) is 5.78 Å². The highest BCUT2D eigenvalue weighted by Crippen LogP contribution is 2.25. The predicted octanol–water partition coefficient (Wildman–Crippen LogP) is 2.58.